The molecule has 0 saturated heterocycles. The van der Waals surface area contributed by atoms with Crippen LogP contribution in [0.5, 0.6) is 0 Å². The normalized spacial score (nSPS) is 11.0. The molecule has 0 aromatic carbocycles. The maximum absolute atomic E-state index is 10.5. The maximum Gasteiger partial charge on any atom is 0.304 e. The number of hydrogen-bond donors (Lipinski definition) is 1. The number of allylic oxidation sites excluding steroid dienone is 1. The number of carbonyl (C=O) groups is 1. The van der Waals surface area contributed by atoms with E-state index in [1.807, 2.05) is 6.08 Å². The molecule has 0 aromatic rings. The average molecular weight is 227 g/mol. The van der Waals surface area contributed by atoms with Crippen molar-refractivity contribution in [2.45, 2.75) is 52.0 Å². The molecule has 0 spiro atoms. The van der Waals surface area contributed by atoms with E-state index in [4.69, 9.17) is 5.11 Å². The molecule has 0 radical (unpaired) electrons. The Balaban J connectivity index is 3.68. The van der Waals surface area contributed by atoms with Gasteiger partial charge < -0.3 is 10.0 Å². The van der Waals surface area contributed by atoms with Gasteiger partial charge in [0.15, 0.2) is 0 Å². The van der Waals surface area contributed by atoms with Gasteiger partial charge in [-0.15, -0.1) is 6.58 Å². The third-order valence-corrected chi connectivity index (χ3v) is 2.70. The Labute approximate surface area is 99.1 Å². The summed E-state index contributed by atoms with van der Waals surface area (Å²) in [4.78, 5) is 12.7. The molecule has 1 N–H and O–H groups in total. The molecular formula is C13H25NO2. The van der Waals surface area contributed by atoms with Crippen LogP contribution in [0.3, 0.4) is 0 Å². The van der Waals surface area contributed by atoms with Gasteiger partial charge in [0.25, 0.3) is 0 Å². The summed E-state index contributed by atoms with van der Waals surface area (Å²) >= 11 is 0. The van der Waals surface area contributed by atoms with Gasteiger partial charge in [-0.1, -0.05) is 12.5 Å². The van der Waals surface area contributed by atoms with Crippen LogP contribution in [-0.2, 0) is 4.79 Å². The zero-order chi connectivity index (χ0) is 12.4. The van der Waals surface area contributed by atoms with Crippen LogP contribution >= 0.6 is 0 Å². The Morgan fingerprint density at radius 2 is 2.00 bits per heavy atom. The van der Waals surface area contributed by atoms with Crippen LogP contribution in [0.4, 0.5) is 0 Å². The molecule has 0 rings (SSSR count). The maximum atomic E-state index is 10.5. The van der Waals surface area contributed by atoms with Crippen molar-refractivity contribution >= 4 is 5.97 Å². The van der Waals surface area contributed by atoms with Crippen molar-refractivity contribution in [3.8, 4) is 0 Å². The summed E-state index contributed by atoms with van der Waals surface area (Å²) in [5.74, 6) is -0.711. The van der Waals surface area contributed by atoms with Crippen molar-refractivity contribution in [3.63, 3.8) is 0 Å². The molecule has 0 aliphatic carbocycles. The summed E-state index contributed by atoms with van der Waals surface area (Å²) in [6.45, 7) is 9.59. The topological polar surface area (TPSA) is 40.5 Å². The minimum Gasteiger partial charge on any atom is -0.481 e. The minimum atomic E-state index is -0.711. The van der Waals surface area contributed by atoms with E-state index in [-0.39, 0.29) is 6.42 Å². The zero-order valence-corrected chi connectivity index (χ0v) is 10.6. The van der Waals surface area contributed by atoms with E-state index in [1.165, 1.54) is 12.8 Å². The lowest BCUT2D eigenvalue weighted by molar-refractivity contribution is -0.137. The van der Waals surface area contributed by atoms with Gasteiger partial charge in [-0.25, -0.2) is 0 Å². The molecule has 94 valence electrons. The first-order chi connectivity index (χ1) is 7.57. The highest BCUT2D eigenvalue weighted by Crippen LogP contribution is 2.06. The lowest BCUT2D eigenvalue weighted by Gasteiger charge is -2.25. The third kappa shape index (κ3) is 8.48. The van der Waals surface area contributed by atoms with Crippen molar-refractivity contribution in [2.24, 2.45) is 0 Å². The molecule has 0 saturated carbocycles. The molecule has 0 unspecified atom stereocenters. The number of rotatable bonds is 10. The number of unbranched alkanes of at least 4 members (excludes halogenated alkanes) is 3. The molecule has 0 aliphatic heterocycles. The second-order valence-corrected chi connectivity index (χ2v) is 4.41. The van der Waals surface area contributed by atoms with Crippen molar-refractivity contribution in [1.29, 1.82) is 0 Å². The quantitative estimate of drug-likeness (QED) is 0.461. The molecule has 0 aliphatic rings. The standard InChI is InChI=1S/C13H25NO2/c1-4-5-6-7-8-10-14(12(2)3)11-9-13(15)16/h4,12H,1,5-11H2,2-3H3,(H,15,16). The van der Waals surface area contributed by atoms with E-state index < -0.39 is 5.97 Å². The van der Waals surface area contributed by atoms with E-state index in [0.717, 1.165) is 19.4 Å². The fourth-order valence-corrected chi connectivity index (χ4v) is 1.65. The number of nitrogens with zero attached hydrogens (tertiary/aromatic N) is 1. The van der Waals surface area contributed by atoms with Crippen LogP contribution in [0, 0.1) is 0 Å². The van der Waals surface area contributed by atoms with Gasteiger partial charge in [-0.2, -0.15) is 0 Å². The van der Waals surface area contributed by atoms with Gasteiger partial charge in [-0.3, -0.25) is 4.79 Å². The summed E-state index contributed by atoms with van der Waals surface area (Å²) < 4.78 is 0. The third-order valence-electron chi connectivity index (χ3n) is 2.70. The van der Waals surface area contributed by atoms with E-state index in [1.54, 1.807) is 0 Å². The number of carboxylic acid groups (broad SMARTS) is 1. The molecule has 0 amide bonds. The molecule has 16 heavy (non-hydrogen) atoms. The van der Waals surface area contributed by atoms with Crippen LogP contribution in [0.1, 0.15) is 46.0 Å². The van der Waals surface area contributed by atoms with Crippen LogP contribution in [-0.4, -0.2) is 35.1 Å². The smallest absolute Gasteiger partial charge is 0.304 e. The largest absolute Gasteiger partial charge is 0.481 e. The second-order valence-electron chi connectivity index (χ2n) is 4.41. The first kappa shape index (κ1) is 15.2. The van der Waals surface area contributed by atoms with Crippen LogP contribution in [0.25, 0.3) is 0 Å². The summed E-state index contributed by atoms with van der Waals surface area (Å²) in [7, 11) is 0. The number of hydrogen-bond acceptors (Lipinski definition) is 2. The molecule has 3 heteroatoms. The fourth-order valence-electron chi connectivity index (χ4n) is 1.65. The van der Waals surface area contributed by atoms with E-state index >= 15 is 0 Å². The highest BCUT2D eigenvalue weighted by Gasteiger charge is 2.10. The van der Waals surface area contributed by atoms with Crippen molar-refractivity contribution in [1.82, 2.24) is 4.90 Å². The Bertz CT molecular complexity index is 202. The van der Waals surface area contributed by atoms with Gasteiger partial charge >= 0.3 is 5.97 Å². The summed E-state index contributed by atoms with van der Waals surface area (Å²) in [6, 6.07) is 0.429. The summed E-state index contributed by atoms with van der Waals surface area (Å²) in [5.41, 5.74) is 0. The predicted octanol–water partition coefficient (Wildman–Crippen LogP) is 2.92. The molecule has 0 atom stereocenters. The van der Waals surface area contributed by atoms with Gasteiger partial charge in [0, 0.05) is 12.6 Å². The summed E-state index contributed by atoms with van der Waals surface area (Å²) in [5, 5.41) is 8.65. The molecular weight excluding hydrogens is 202 g/mol. The minimum absolute atomic E-state index is 0.241. The SMILES string of the molecule is C=CCCCCCN(CCC(=O)O)C(C)C. The Morgan fingerprint density at radius 3 is 2.50 bits per heavy atom. The molecule has 0 heterocycles. The summed E-state index contributed by atoms with van der Waals surface area (Å²) in [6.07, 6.45) is 6.80. The van der Waals surface area contributed by atoms with Crippen LogP contribution < -0.4 is 0 Å². The first-order valence-electron chi connectivity index (χ1n) is 6.14. The van der Waals surface area contributed by atoms with E-state index in [0.29, 0.717) is 12.6 Å². The van der Waals surface area contributed by atoms with Crippen LogP contribution in [0.15, 0.2) is 12.7 Å². The van der Waals surface area contributed by atoms with Crippen LogP contribution in [0.2, 0.25) is 0 Å². The molecule has 0 fully saturated rings. The lowest BCUT2D eigenvalue weighted by atomic mass is 10.1. The Hall–Kier alpha value is -0.830. The monoisotopic (exact) mass is 227 g/mol. The van der Waals surface area contributed by atoms with Crippen molar-refractivity contribution in [2.75, 3.05) is 13.1 Å². The highest BCUT2D eigenvalue weighted by atomic mass is 16.4. The molecule has 0 aromatic heterocycles. The van der Waals surface area contributed by atoms with E-state index in [2.05, 4.69) is 25.3 Å². The number of aliphatic carboxylic acids is 1. The lowest BCUT2D eigenvalue weighted by Crippen LogP contribution is -2.33. The van der Waals surface area contributed by atoms with Crippen molar-refractivity contribution < 1.29 is 9.90 Å². The van der Waals surface area contributed by atoms with Crippen molar-refractivity contribution in [3.05, 3.63) is 12.7 Å². The van der Waals surface area contributed by atoms with E-state index in [9.17, 15) is 4.79 Å². The number of carboxylic acids is 1. The Kier molecular flexibility index (Phi) is 8.91. The van der Waals surface area contributed by atoms with Gasteiger partial charge in [0.2, 0.25) is 0 Å². The first-order valence-corrected chi connectivity index (χ1v) is 6.14. The van der Waals surface area contributed by atoms with Gasteiger partial charge in [0.05, 0.1) is 6.42 Å². The predicted molar refractivity (Wildman–Crippen MR) is 67.6 cm³/mol. The molecule has 3 nitrogen and oxygen atoms in total. The fraction of sp³-hybridized carbons (Fsp3) is 0.769. The van der Waals surface area contributed by atoms with Gasteiger partial charge in [-0.05, 0) is 39.7 Å². The second kappa shape index (κ2) is 9.40. The molecule has 0 bridgehead atoms. The highest BCUT2D eigenvalue weighted by molar-refractivity contribution is 5.66. The zero-order valence-electron chi connectivity index (χ0n) is 10.6. The van der Waals surface area contributed by atoms with Gasteiger partial charge in [0.1, 0.15) is 0 Å². The average Bonchev–Trinajstić information content (AvgIpc) is 2.21. The Morgan fingerprint density at radius 1 is 1.31 bits per heavy atom.